The minimum atomic E-state index is -3.56. The number of hydrogen-bond acceptors (Lipinski definition) is 5. The maximum absolute atomic E-state index is 11.5. The number of nitrogens with zero attached hydrogens (tertiary/aromatic N) is 2. The second-order valence-corrected chi connectivity index (χ2v) is 6.31. The number of rotatable bonds is 4. The highest BCUT2D eigenvalue weighted by Crippen LogP contribution is 2.25. The number of aromatic amines is 1. The van der Waals surface area contributed by atoms with Crippen LogP contribution in [0.1, 0.15) is 5.56 Å². The molecule has 0 saturated carbocycles. The fraction of sp³-hybridized carbons (Fsp3) is 0.143. The normalized spacial score (nSPS) is 12.0. The summed E-state index contributed by atoms with van der Waals surface area (Å²) in [6, 6.07) is 8.89. The van der Waals surface area contributed by atoms with Crippen molar-refractivity contribution in [3.63, 3.8) is 0 Å². The van der Waals surface area contributed by atoms with Crippen LogP contribution in [0.15, 0.2) is 35.4 Å². The fourth-order valence-corrected chi connectivity index (χ4v) is 2.26. The number of ether oxygens (including phenoxy) is 1. The summed E-state index contributed by atoms with van der Waals surface area (Å²) >= 11 is 0. The molecule has 0 fully saturated rings. The van der Waals surface area contributed by atoms with E-state index in [4.69, 9.17) is 10.00 Å². The summed E-state index contributed by atoms with van der Waals surface area (Å²) < 4.78 is 28.0. The zero-order chi connectivity index (χ0) is 15.5. The van der Waals surface area contributed by atoms with Crippen LogP contribution < -0.4 is 4.74 Å². The standard InChI is InChI=1S/C14H13N3O3S/c1-20-12-5-3-10(4-6-12)14-11(9-16-17-14)7-13(8-15)21(2,18)19/h3-7,9H,1-2H3,(H,16,17)/b13-7+. The highest BCUT2D eigenvalue weighted by Gasteiger charge is 2.13. The molecule has 0 spiro atoms. The van der Waals surface area contributed by atoms with Gasteiger partial charge in [-0.2, -0.15) is 10.4 Å². The lowest BCUT2D eigenvalue weighted by molar-refractivity contribution is 0.415. The van der Waals surface area contributed by atoms with Gasteiger partial charge >= 0.3 is 0 Å². The molecule has 0 aliphatic rings. The van der Waals surface area contributed by atoms with E-state index in [1.807, 2.05) is 12.1 Å². The second-order valence-electron chi connectivity index (χ2n) is 4.32. The smallest absolute Gasteiger partial charge is 0.185 e. The van der Waals surface area contributed by atoms with E-state index in [0.29, 0.717) is 17.0 Å². The lowest BCUT2D eigenvalue weighted by Gasteiger charge is -2.03. The molecule has 1 aromatic carbocycles. The minimum Gasteiger partial charge on any atom is -0.497 e. The van der Waals surface area contributed by atoms with Crippen LogP contribution in [-0.4, -0.2) is 32.0 Å². The predicted molar refractivity (Wildman–Crippen MR) is 79.0 cm³/mol. The first kappa shape index (κ1) is 14.8. The number of hydrogen-bond donors (Lipinski definition) is 1. The fourth-order valence-electron chi connectivity index (χ4n) is 1.76. The van der Waals surface area contributed by atoms with Gasteiger partial charge in [-0.1, -0.05) is 0 Å². The van der Waals surface area contributed by atoms with Crippen LogP contribution >= 0.6 is 0 Å². The number of benzene rings is 1. The first-order valence-corrected chi connectivity index (χ1v) is 7.84. The highest BCUT2D eigenvalue weighted by molar-refractivity contribution is 7.95. The molecule has 0 amide bonds. The lowest BCUT2D eigenvalue weighted by atomic mass is 10.1. The summed E-state index contributed by atoms with van der Waals surface area (Å²) in [5.41, 5.74) is 1.97. The van der Waals surface area contributed by atoms with Crippen LogP contribution in [0, 0.1) is 11.3 Å². The van der Waals surface area contributed by atoms with Gasteiger partial charge in [-0.15, -0.1) is 0 Å². The third-order valence-electron chi connectivity index (χ3n) is 2.84. The van der Waals surface area contributed by atoms with E-state index in [1.165, 1.54) is 12.3 Å². The number of H-pyrrole nitrogens is 1. The highest BCUT2D eigenvalue weighted by atomic mass is 32.2. The van der Waals surface area contributed by atoms with Gasteiger partial charge < -0.3 is 4.74 Å². The van der Waals surface area contributed by atoms with Crippen molar-refractivity contribution < 1.29 is 13.2 Å². The molecule has 0 saturated heterocycles. The first-order chi connectivity index (χ1) is 9.95. The molecule has 0 radical (unpaired) electrons. The van der Waals surface area contributed by atoms with E-state index < -0.39 is 9.84 Å². The van der Waals surface area contributed by atoms with Gasteiger partial charge in [0, 0.05) is 17.4 Å². The molecule has 7 heteroatoms. The largest absolute Gasteiger partial charge is 0.497 e. The van der Waals surface area contributed by atoms with Crippen LogP contribution in [0.25, 0.3) is 17.3 Å². The van der Waals surface area contributed by atoms with Crippen molar-refractivity contribution in [3.8, 4) is 23.1 Å². The van der Waals surface area contributed by atoms with Gasteiger partial charge in [0.2, 0.25) is 0 Å². The molecular weight excluding hydrogens is 290 g/mol. The molecule has 0 aliphatic heterocycles. The van der Waals surface area contributed by atoms with Crippen LogP contribution in [0.2, 0.25) is 0 Å². The quantitative estimate of drug-likeness (QED) is 0.871. The number of nitrogens with one attached hydrogen (secondary N) is 1. The number of nitriles is 1. The molecule has 0 unspecified atom stereocenters. The second kappa shape index (κ2) is 5.81. The summed E-state index contributed by atoms with van der Waals surface area (Å²) in [7, 11) is -1.99. The van der Waals surface area contributed by atoms with Crippen LogP contribution in [-0.2, 0) is 9.84 Å². The lowest BCUT2D eigenvalue weighted by Crippen LogP contribution is -1.98. The summed E-state index contributed by atoms with van der Waals surface area (Å²) in [6.07, 6.45) is 3.77. The monoisotopic (exact) mass is 303 g/mol. The van der Waals surface area contributed by atoms with Gasteiger partial charge in [-0.3, -0.25) is 5.10 Å². The van der Waals surface area contributed by atoms with Crippen LogP contribution in [0.5, 0.6) is 5.75 Å². The molecule has 108 valence electrons. The molecule has 2 aromatic rings. The van der Waals surface area contributed by atoms with E-state index in [0.717, 1.165) is 11.8 Å². The van der Waals surface area contributed by atoms with Crippen LogP contribution in [0.4, 0.5) is 0 Å². The van der Waals surface area contributed by atoms with Gasteiger partial charge in [-0.05, 0) is 30.3 Å². The van der Waals surface area contributed by atoms with E-state index in [1.54, 1.807) is 25.3 Å². The minimum absolute atomic E-state index is 0.307. The van der Waals surface area contributed by atoms with Crippen molar-refractivity contribution in [1.82, 2.24) is 10.2 Å². The molecule has 6 nitrogen and oxygen atoms in total. The molecule has 2 rings (SSSR count). The maximum atomic E-state index is 11.5. The average Bonchev–Trinajstić information content (AvgIpc) is 2.91. The van der Waals surface area contributed by atoms with Gasteiger partial charge in [0.1, 0.15) is 16.7 Å². The first-order valence-electron chi connectivity index (χ1n) is 5.95. The van der Waals surface area contributed by atoms with Crippen molar-refractivity contribution >= 4 is 15.9 Å². The number of allylic oxidation sites excluding steroid dienone is 1. The van der Waals surface area contributed by atoms with E-state index >= 15 is 0 Å². The molecule has 1 N–H and O–H groups in total. The third-order valence-corrected chi connectivity index (χ3v) is 3.85. The Hall–Kier alpha value is -2.59. The Morgan fingerprint density at radius 2 is 2.05 bits per heavy atom. The molecule has 0 atom stereocenters. The molecule has 1 aromatic heterocycles. The van der Waals surface area contributed by atoms with Crippen molar-refractivity contribution in [2.75, 3.05) is 13.4 Å². The Kier molecular flexibility index (Phi) is 4.10. The number of methoxy groups -OCH3 is 1. The van der Waals surface area contributed by atoms with Crippen molar-refractivity contribution in [2.24, 2.45) is 0 Å². The average molecular weight is 303 g/mol. The molecule has 21 heavy (non-hydrogen) atoms. The van der Waals surface area contributed by atoms with Gasteiger partial charge in [0.05, 0.1) is 19.0 Å². The molecule has 0 aliphatic carbocycles. The van der Waals surface area contributed by atoms with Crippen molar-refractivity contribution in [3.05, 3.63) is 40.9 Å². The van der Waals surface area contributed by atoms with Crippen LogP contribution in [0.3, 0.4) is 0 Å². The maximum Gasteiger partial charge on any atom is 0.185 e. The molecule has 1 heterocycles. The zero-order valence-electron chi connectivity index (χ0n) is 11.5. The van der Waals surface area contributed by atoms with Crippen molar-refractivity contribution in [1.29, 1.82) is 5.26 Å². The van der Waals surface area contributed by atoms with Crippen molar-refractivity contribution in [2.45, 2.75) is 0 Å². The Balaban J connectivity index is 2.48. The Morgan fingerprint density at radius 3 is 2.57 bits per heavy atom. The van der Waals surface area contributed by atoms with Gasteiger partial charge in [0.25, 0.3) is 0 Å². The molecule has 0 bridgehead atoms. The summed E-state index contributed by atoms with van der Waals surface area (Å²) in [6.45, 7) is 0. The third kappa shape index (κ3) is 3.30. The SMILES string of the molecule is COc1ccc(-c2[nH]ncc2/C=C(\C#N)S(C)(=O)=O)cc1. The number of aromatic nitrogens is 2. The summed E-state index contributed by atoms with van der Waals surface area (Å²) in [4.78, 5) is -0.307. The Morgan fingerprint density at radius 1 is 1.38 bits per heavy atom. The topological polar surface area (TPSA) is 95.8 Å². The Bertz CT molecular complexity index is 812. The molecular formula is C14H13N3O3S. The summed E-state index contributed by atoms with van der Waals surface area (Å²) in [5.74, 6) is 0.712. The summed E-state index contributed by atoms with van der Waals surface area (Å²) in [5, 5.41) is 15.7. The van der Waals surface area contributed by atoms with E-state index in [9.17, 15) is 8.42 Å². The van der Waals surface area contributed by atoms with Gasteiger partial charge in [-0.25, -0.2) is 8.42 Å². The zero-order valence-corrected chi connectivity index (χ0v) is 12.3. The van der Waals surface area contributed by atoms with Gasteiger partial charge in [0.15, 0.2) is 9.84 Å². The number of sulfone groups is 1. The predicted octanol–water partition coefficient (Wildman–Crippen LogP) is 1.99. The Labute approximate surface area is 122 Å². The van der Waals surface area contributed by atoms with E-state index in [2.05, 4.69) is 10.2 Å². The van der Waals surface area contributed by atoms with E-state index in [-0.39, 0.29) is 4.91 Å².